The van der Waals surface area contributed by atoms with E-state index in [2.05, 4.69) is 0 Å². The molecule has 0 saturated carbocycles. The number of furan rings is 1. The van der Waals surface area contributed by atoms with Gasteiger partial charge >= 0.3 is 0 Å². The van der Waals surface area contributed by atoms with Crippen LogP contribution in [0.15, 0.2) is 56.3 Å². The lowest BCUT2D eigenvalue weighted by Crippen LogP contribution is -2.10. The number of ether oxygens (including phenoxy) is 1. The summed E-state index contributed by atoms with van der Waals surface area (Å²) in [5.41, 5.74) is 0.113. The highest BCUT2D eigenvalue weighted by molar-refractivity contribution is 5.81. The van der Waals surface area contributed by atoms with Gasteiger partial charge in [-0.2, -0.15) is 5.26 Å². The maximum Gasteiger partial charge on any atom is 0.235 e. The van der Waals surface area contributed by atoms with Gasteiger partial charge in [0.15, 0.2) is 12.4 Å². The van der Waals surface area contributed by atoms with Crippen molar-refractivity contribution in [3.63, 3.8) is 0 Å². The second kappa shape index (κ2) is 4.94. The van der Waals surface area contributed by atoms with Gasteiger partial charge in [-0.05, 0) is 24.3 Å². The van der Waals surface area contributed by atoms with E-state index in [1.54, 1.807) is 36.4 Å². The zero-order valence-corrected chi connectivity index (χ0v) is 10.3. The zero-order valence-electron chi connectivity index (χ0n) is 10.3. The number of hydrogen-bond donors (Lipinski definition) is 0. The van der Waals surface area contributed by atoms with Crippen LogP contribution < -0.4 is 10.2 Å². The van der Waals surface area contributed by atoms with E-state index in [1.807, 2.05) is 6.07 Å². The lowest BCUT2D eigenvalue weighted by Gasteiger charge is -2.07. The van der Waals surface area contributed by atoms with Crippen molar-refractivity contribution in [3.05, 3.63) is 52.9 Å². The van der Waals surface area contributed by atoms with Crippen LogP contribution in [0.4, 0.5) is 0 Å². The standard InChI is InChI=1S/C15H9NO4/c16-7-9-19-15-13(17)10-4-1-2-5-11(10)20-14(15)12-6-3-8-18-12/h1-6,8H,9H2. The van der Waals surface area contributed by atoms with E-state index in [0.29, 0.717) is 16.7 Å². The largest absolute Gasteiger partial charge is 0.471 e. The Morgan fingerprint density at radius 3 is 2.80 bits per heavy atom. The molecule has 2 aromatic heterocycles. The van der Waals surface area contributed by atoms with Crippen LogP contribution in [-0.2, 0) is 0 Å². The Balaban J connectivity index is 2.31. The van der Waals surface area contributed by atoms with Gasteiger partial charge in [0.1, 0.15) is 11.7 Å². The molecule has 5 heteroatoms. The molecule has 0 aliphatic rings. The van der Waals surface area contributed by atoms with E-state index >= 15 is 0 Å². The molecule has 3 aromatic rings. The molecular formula is C15H9NO4. The molecule has 0 amide bonds. The average molecular weight is 267 g/mol. The van der Waals surface area contributed by atoms with E-state index in [4.69, 9.17) is 18.8 Å². The van der Waals surface area contributed by atoms with E-state index in [0.717, 1.165) is 0 Å². The number of para-hydroxylation sites is 1. The molecule has 0 radical (unpaired) electrons. The SMILES string of the molecule is N#CCOc1c(-c2ccco2)oc2ccccc2c1=O. The molecule has 0 fully saturated rings. The highest BCUT2D eigenvalue weighted by Crippen LogP contribution is 2.30. The Morgan fingerprint density at radius 1 is 1.20 bits per heavy atom. The van der Waals surface area contributed by atoms with Crippen molar-refractivity contribution in [1.29, 1.82) is 5.26 Å². The molecular weight excluding hydrogens is 258 g/mol. The molecule has 0 saturated heterocycles. The summed E-state index contributed by atoms with van der Waals surface area (Å²) < 4.78 is 16.2. The molecule has 0 aliphatic heterocycles. The van der Waals surface area contributed by atoms with E-state index in [9.17, 15) is 4.79 Å². The summed E-state index contributed by atoms with van der Waals surface area (Å²) in [4.78, 5) is 12.4. The van der Waals surface area contributed by atoms with Gasteiger partial charge in [0.2, 0.25) is 16.9 Å². The van der Waals surface area contributed by atoms with Gasteiger partial charge in [0.25, 0.3) is 0 Å². The van der Waals surface area contributed by atoms with Gasteiger partial charge in [-0.15, -0.1) is 0 Å². The van der Waals surface area contributed by atoms with Crippen molar-refractivity contribution >= 4 is 11.0 Å². The van der Waals surface area contributed by atoms with Gasteiger partial charge < -0.3 is 13.6 Å². The van der Waals surface area contributed by atoms with Crippen molar-refractivity contribution < 1.29 is 13.6 Å². The topological polar surface area (TPSA) is 76.4 Å². The predicted octanol–water partition coefficient (Wildman–Crippen LogP) is 2.96. The van der Waals surface area contributed by atoms with Crippen LogP contribution in [0.1, 0.15) is 0 Å². The van der Waals surface area contributed by atoms with Crippen molar-refractivity contribution in [2.24, 2.45) is 0 Å². The minimum atomic E-state index is -0.325. The quantitative estimate of drug-likeness (QED) is 0.729. The van der Waals surface area contributed by atoms with Crippen molar-refractivity contribution in [2.45, 2.75) is 0 Å². The fourth-order valence-electron chi connectivity index (χ4n) is 1.93. The summed E-state index contributed by atoms with van der Waals surface area (Å²) in [7, 11) is 0. The van der Waals surface area contributed by atoms with Gasteiger partial charge in [-0.3, -0.25) is 4.79 Å². The van der Waals surface area contributed by atoms with Gasteiger partial charge in [-0.1, -0.05) is 12.1 Å². The average Bonchev–Trinajstić information content (AvgIpc) is 3.00. The second-order valence-electron chi connectivity index (χ2n) is 4.01. The van der Waals surface area contributed by atoms with Crippen LogP contribution in [0.3, 0.4) is 0 Å². The molecule has 5 nitrogen and oxygen atoms in total. The molecule has 3 rings (SSSR count). The van der Waals surface area contributed by atoms with E-state index in [-0.39, 0.29) is 23.5 Å². The van der Waals surface area contributed by atoms with Crippen LogP contribution in [0.2, 0.25) is 0 Å². The number of rotatable bonds is 3. The fraction of sp³-hybridized carbons (Fsp3) is 0.0667. The van der Waals surface area contributed by atoms with Gasteiger partial charge in [0, 0.05) is 0 Å². The first-order valence-corrected chi connectivity index (χ1v) is 5.90. The van der Waals surface area contributed by atoms with Gasteiger partial charge in [0.05, 0.1) is 11.6 Å². The monoisotopic (exact) mass is 267 g/mol. The minimum Gasteiger partial charge on any atom is -0.471 e. The number of fused-ring (bicyclic) bond motifs is 1. The minimum absolute atomic E-state index is 0.0137. The molecule has 0 N–H and O–H groups in total. The number of hydrogen-bond acceptors (Lipinski definition) is 5. The third-order valence-corrected chi connectivity index (χ3v) is 2.78. The molecule has 0 spiro atoms. The summed E-state index contributed by atoms with van der Waals surface area (Å²) in [6.45, 7) is -0.239. The maximum absolute atomic E-state index is 12.4. The van der Waals surface area contributed by atoms with Crippen LogP contribution in [0, 0.1) is 11.3 Å². The molecule has 0 bridgehead atoms. The normalized spacial score (nSPS) is 10.3. The Kier molecular flexibility index (Phi) is 2.98. The van der Waals surface area contributed by atoms with E-state index < -0.39 is 0 Å². The summed E-state index contributed by atoms with van der Waals surface area (Å²) >= 11 is 0. The number of nitriles is 1. The fourth-order valence-corrected chi connectivity index (χ4v) is 1.93. The summed E-state index contributed by atoms with van der Waals surface area (Å²) in [5, 5.41) is 9.02. The molecule has 2 heterocycles. The van der Waals surface area contributed by atoms with Gasteiger partial charge in [-0.25, -0.2) is 0 Å². The smallest absolute Gasteiger partial charge is 0.235 e. The third kappa shape index (κ3) is 1.93. The molecule has 0 atom stereocenters. The molecule has 0 unspecified atom stereocenters. The predicted molar refractivity (Wildman–Crippen MR) is 71.3 cm³/mol. The number of benzene rings is 1. The van der Waals surface area contributed by atoms with Crippen molar-refractivity contribution in [2.75, 3.05) is 6.61 Å². The van der Waals surface area contributed by atoms with Crippen molar-refractivity contribution in [3.8, 4) is 23.3 Å². The Morgan fingerprint density at radius 2 is 2.05 bits per heavy atom. The summed E-state index contributed by atoms with van der Waals surface area (Å²) in [6.07, 6.45) is 1.47. The van der Waals surface area contributed by atoms with Crippen LogP contribution in [-0.4, -0.2) is 6.61 Å². The van der Waals surface area contributed by atoms with E-state index in [1.165, 1.54) is 6.26 Å². The molecule has 98 valence electrons. The summed E-state index contributed by atoms with van der Waals surface area (Å²) in [5.74, 6) is 0.551. The van der Waals surface area contributed by atoms with Crippen molar-refractivity contribution in [1.82, 2.24) is 0 Å². The highest BCUT2D eigenvalue weighted by atomic mass is 16.5. The number of nitrogens with zero attached hydrogens (tertiary/aromatic N) is 1. The first-order valence-electron chi connectivity index (χ1n) is 5.90. The molecule has 1 aromatic carbocycles. The lowest BCUT2D eigenvalue weighted by molar-refractivity contribution is 0.353. The Bertz CT molecular complexity index is 840. The summed E-state index contributed by atoms with van der Waals surface area (Å²) in [6, 6.07) is 12.0. The maximum atomic E-state index is 12.4. The van der Waals surface area contributed by atoms with Crippen LogP contribution in [0.25, 0.3) is 22.5 Å². The third-order valence-electron chi connectivity index (χ3n) is 2.78. The Labute approximate surface area is 113 Å². The first kappa shape index (κ1) is 12.1. The lowest BCUT2D eigenvalue weighted by atomic mass is 10.2. The zero-order chi connectivity index (χ0) is 13.9. The highest BCUT2D eigenvalue weighted by Gasteiger charge is 2.19. The second-order valence-corrected chi connectivity index (χ2v) is 4.01. The first-order chi connectivity index (χ1) is 9.81. The van der Waals surface area contributed by atoms with Crippen LogP contribution in [0.5, 0.6) is 5.75 Å². The van der Waals surface area contributed by atoms with Crippen LogP contribution >= 0.6 is 0 Å². The Hall–Kier alpha value is -3.00. The molecule has 0 aliphatic carbocycles. The molecule has 20 heavy (non-hydrogen) atoms.